The molecule has 15 heteroatoms. The number of phosphoric acid groups is 1. The smallest absolute Gasteiger partial charge is 0.462 e. The number of carbonyl (C=O) groups excluding carboxylic acids is 2. The van der Waals surface area contributed by atoms with Gasteiger partial charge in [0.1, 0.15) is 43.2 Å². The van der Waals surface area contributed by atoms with Crippen LogP contribution in [0.4, 0.5) is 0 Å². The molecule has 1 aliphatic carbocycles. The summed E-state index contributed by atoms with van der Waals surface area (Å²) in [4.78, 5) is 35.7. The number of allylic oxidation sites excluding steroid dienone is 10. The molecule has 368 valence electrons. The molecule has 0 radical (unpaired) electrons. The zero-order valence-corrected chi connectivity index (χ0v) is 39.6. The minimum Gasteiger partial charge on any atom is -0.462 e. The molecule has 0 aliphatic heterocycles. The third-order valence-corrected chi connectivity index (χ3v) is 11.6. The van der Waals surface area contributed by atoms with Crippen molar-refractivity contribution < 1.29 is 68.2 Å². The highest BCUT2D eigenvalue weighted by molar-refractivity contribution is 7.47. The number of phosphoric ester groups is 1. The lowest BCUT2D eigenvalue weighted by atomic mass is 9.85. The van der Waals surface area contributed by atoms with Gasteiger partial charge in [-0.3, -0.25) is 18.6 Å². The van der Waals surface area contributed by atoms with Crippen LogP contribution in [0.25, 0.3) is 0 Å². The SMILES string of the molecule is CC/C=C\CC(O)/C=C\C=C/C/C=C\C/C=C\C/C=C\CCC(=O)OC(COC(=O)CCCCCCCCCCCCCCCCC)COP(=O)(O)OC1C(O)C(O)C(O)C(O)C1O. The molecule has 0 saturated heterocycles. The number of rotatable bonds is 38. The van der Waals surface area contributed by atoms with Gasteiger partial charge in [0.05, 0.1) is 12.7 Å². The minimum absolute atomic E-state index is 0.0457. The maximum Gasteiger partial charge on any atom is 0.472 e. The van der Waals surface area contributed by atoms with E-state index in [-0.39, 0.29) is 12.8 Å². The van der Waals surface area contributed by atoms with Gasteiger partial charge in [0.2, 0.25) is 0 Å². The van der Waals surface area contributed by atoms with Crippen LogP contribution in [0, 0.1) is 0 Å². The second kappa shape index (κ2) is 38.4. The Bertz CT molecular complexity index is 1410. The minimum atomic E-state index is -5.15. The zero-order valence-electron chi connectivity index (χ0n) is 38.7. The second-order valence-electron chi connectivity index (χ2n) is 16.4. The predicted molar refractivity (Wildman–Crippen MR) is 250 cm³/mol. The largest absolute Gasteiger partial charge is 0.472 e. The molecule has 0 heterocycles. The molecule has 0 spiro atoms. The maximum atomic E-state index is 12.8. The number of ether oxygens (including phenoxy) is 2. The standard InChI is InChI=1S/C49H83O14P/c1-3-5-7-8-9-10-11-12-13-16-19-22-25-28-32-36-42(51)60-38-41(39-61-64(58,59)63-49-47(56)45(54)44(53)46(55)48(49)57)62-43(52)37-33-29-26-23-20-17-14-15-18-21-24-27-31-35-40(50)34-30-6-4-2/h6,15,17-18,20,24,26-27,29-31,35,40-41,44-50,53-57H,3-5,7-14,16,19,21-23,25,28,32-34,36-39H2,1-2H3,(H,58,59)/b18-15-,20-17-,27-24-,29-26-,30-6-,35-31-. The van der Waals surface area contributed by atoms with Crippen LogP contribution in [0.2, 0.25) is 0 Å². The van der Waals surface area contributed by atoms with Gasteiger partial charge in [0.15, 0.2) is 6.10 Å². The van der Waals surface area contributed by atoms with Crippen molar-refractivity contribution in [3.63, 3.8) is 0 Å². The predicted octanol–water partition coefficient (Wildman–Crippen LogP) is 8.47. The van der Waals surface area contributed by atoms with Gasteiger partial charge >= 0.3 is 19.8 Å². The van der Waals surface area contributed by atoms with E-state index in [0.29, 0.717) is 25.7 Å². The Hall–Kier alpha value is -2.75. The van der Waals surface area contributed by atoms with Crippen molar-refractivity contribution in [3.05, 3.63) is 72.9 Å². The summed E-state index contributed by atoms with van der Waals surface area (Å²) in [5.41, 5.74) is 0. The quantitative estimate of drug-likeness (QED) is 0.0101. The van der Waals surface area contributed by atoms with Crippen molar-refractivity contribution >= 4 is 19.8 Å². The van der Waals surface area contributed by atoms with Crippen molar-refractivity contribution in [2.24, 2.45) is 0 Å². The second-order valence-corrected chi connectivity index (χ2v) is 17.8. The maximum absolute atomic E-state index is 12.8. The summed E-state index contributed by atoms with van der Waals surface area (Å²) >= 11 is 0. The number of aliphatic hydroxyl groups is 6. The summed E-state index contributed by atoms with van der Waals surface area (Å²) in [6.07, 6.45) is 31.5. The summed E-state index contributed by atoms with van der Waals surface area (Å²) in [5, 5.41) is 60.0. The van der Waals surface area contributed by atoms with Crippen LogP contribution >= 0.6 is 7.82 Å². The summed E-state index contributed by atoms with van der Waals surface area (Å²) in [6.45, 7) is 3.03. The average molecular weight is 927 g/mol. The van der Waals surface area contributed by atoms with Gasteiger partial charge < -0.3 is 45.0 Å². The van der Waals surface area contributed by atoms with Gasteiger partial charge in [0.25, 0.3) is 0 Å². The average Bonchev–Trinajstić information content (AvgIpc) is 3.27. The van der Waals surface area contributed by atoms with Crippen LogP contribution in [-0.2, 0) is 32.7 Å². The number of unbranched alkanes of at least 4 members (excludes halogenated alkanes) is 14. The van der Waals surface area contributed by atoms with Gasteiger partial charge in [-0.05, 0) is 44.9 Å². The lowest BCUT2D eigenvalue weighted by Crippen LogP contribution is -2.64. The molecule has 1 fully saturated rings. The molecule has 0 aromatic rings. The van der Waals surface area contributed by atoms with E-state index in [1.807, 2.05) is 54.7 Å². The molecule has 0 aromatic carbocycles. The van der Waals surface area contributed by atoms with Gasteiger partial charge in [-0.25, -0.2) is 4.57 Å². The van der Waals surface area contributed by atoms with Crippen molar-refractivity contribution in [1.29, 1.82) is 0 Å². The Morgan fingerprint density at radius 2 is 1.08 bits per heavy atom. The highest BCUT2D eigenvalue weighted by Gasteiger charge is 2.51. The number of esters is 2. The van der Waals surface area contributed by atoms with E-state index in [1.54, 1.807) is 6.08 Å². The van der Waals surface area contributed by atoms with E-state index in [9.17, 15) is 49.7 Å². The zero-order chi connectivity index (χ0) is 47.3. The molecule has 7 unspecified atom stereocenters. The lowest BCUT2D eigenvalue weighted by molar-refractivity contribution is -0.220. The first-order valence-corrected chi connectivity index (χ1v) is 25.3. The fourth-order valence-corrected chi connectivity index (χ4v) is 7.78. The summed E-state index contributed by atoms with van der Waals surface area (Å²) in [5.74, 6) is -1.22. The van der Waals surface area contributed by atoms with Crippen LogP contribution in [0.3, 0.4) is 0 Å². The van der Waals surface area contributed by atoms with Crippen LogP contribution in [0.15, 0.2) is 72.9 Å². The van der Waals surface area contributed by atoms with Crippen molar-refractivity contribution in [3.8, 4) is 0 Å². The molecule has 1 rings (SSSR count). The molecule has 7 N–H and O–H groups in total. The molecule has 0 aromatic heterocycles. The van der Waals surface area contributed by atoms with E-state index in [4.69, 9.17) is 18.5 Å². The summed E-state index contributed by atoms with van der Waals surface area (Å²) in [6, 6.07) is 0. The third kappa shape index (κ3) is 30.5. The summed E-state index contributed by atoms with van der Waals surface area (Å²) < 4.78 is 33.4. The number of hydrogen-bond acceptors (Lipinski definition) is 13. The third-order valence-electron chi connectivity index (χ3n) is 10.7. The van der Waals surface area contributed by atoms with Crippen molar-refractivity contribution in [1.82, 2.24) is 0 Å². The van der Waals surface area contributed by atoms with Crippen LogP contribution < -0.4 is 0 Å². The van der Waals surface area contributed by atoms with Crippen LogP contribution in [-0.4, -0.2) is 110 Å². The topological polar surface area (TPSA) is 230 Å². The highest BCUT2D eigenvalue weighted by Crippen LogP contribution is 2.47. The number of aliphatic hydroxyl groups excluding tert-OH is 6. The van der Waals surface area contributed by atoms with Crippen molar-refractivity contribution in [2.75, 3.05) is 13.2 Å². The van der Waals surface area contributed by atoms with Gasteiger partial charge in [-0.1, -0.05) is 177 Å². The Morgan fingerprint density at radius 3 is 1.62 bits per heavy atom. The fraction of sp³-hybridized carbons (Fsp3) is 0.714. The van der Waals surface area contributed by atoms with Crippen LogP contribution in [0.1, 0.15) is 162 Å². The first kappa shape index (κ1) is 59.3. The Balaban J connectivity index is 2.52. The molecule has 0 bridgehead atoms. The van der Waals surface area contributed by atoms with Gasteiger partial charge in [0, 0.05) is 12.8 Å². The molecule has 64 heavy (non-hydrogen) atoms. The molecule has 1 aliphatic rings. The number of carbonyl (C=O) groups is 2. The number of hydrogen-bond donors (Lipinski definition) is 7. The molecule has 7 atom stereocenters. The molecular weight excluding hydrogens is 843 g/mol. The monoisotopic (exact) mass is 927 g/mol. The van der Waals surface area contributed by atoms with E-state index < -0.39 is 81.8 Å². The fourth-order valence-electron chi connectivity index (χ4n) is 6.81. The normalized spacial score (nSPS) is 22.7. The first-order valence-electron chi connectivity index (χ1n) is 23.8. The van der Waals surface area contributed by atoms with E-state index in [2.05, 4.69) is 26.0 Å². The van der Waals surface area contributed by atoms with Gasteiger partial charge in [-0.2, -0.15) is 0 Å². The van der Waals surface area contributed by atoms with Crippen LogP contribution in [0.5, 0.6) is 0 Å². The van der Waals surface area contributed by atoms with E-state index in [0.717, 1.165) is 38.5 Å². The Morgan fingerprint density at radius 1 is 0.578 bits per heavy atom. The first-order chi connectivity index (χ1) is 30.8. The molecular formula is C49H83O14P. The Kier molecular flexibility index (Phi) is 35.5. The lowest BCUT2D eigenvalue weighted by Gasteiger charge is -2.41. The molecule has 0 amide bonds. The summed E-state index contributed by atoms with van der Waals surface area (Å²) in [7, 11) is -5.15. The van der Waals surface area contributed by atoms with Gasteiger partial charge in [-0.15, -0.1) is 0 Å². The highest BCUT2D eigenvalue weighted by atomic mass is 31.2. The Labute approximate surface area is 383 Å². The van der Waals surface area contributed by atoms with Crippen molar-refractivity contribution in [2.45, 2.75) is 210 Å². The molecule has 1 saturated carbocycles. The van der Waals surface area contributed by atoms with E-state index >= 15 is 0 Å². The van der Waals surface area contributed by atoms with E-state index in [1.165, 1.54) is 70.6 Å². The molecule has 14 nitrogen and oxygen atoms in total.